The Morgan fingerprint density at radius 2 is 2.00 bits per heavy atom. The molecule has 0 radical (unpaired) electrons. The molecule has 0 bridgehead atoms. The molecule has 2 aromatic rings. The molecule has 3 rings (SSSR count). The van der Waals surface area contributed by atoms with Crippen LogP contribution in [0.4, 0.5) is 4.79 Å². The molecule has 2 heterocycles. The summed E-state index contributed by atoms with van der Waals surface area (Å²) >= 11 is 0. The van der Waals surface area contributed by atoms with Crippen molar-refractivity contribution in [3.63, 3.8) is 0 Å². The predicted molar refractivity (Wildman–Crippen MR) is 89.6 cm³/mol. The van der Waals surface area contributed by atoms with Crippen LogP contribution in [0.5, 0.6) is 0 Å². The SMILES string of the molecule is Cc1cc([C@@]2(C)NC(=O)N(Cc3cccc(C(N)=O)c3)C2=O)c(C)o1. The van der Waals surface area contributed by atoms with Gasteiger partial charge in [-0.3, -0.25) is 14.5 Å². The lowest BCUT2D eigenvalue weighted by Gasteiger charge is -2.21. The van der Waals surface area contributed by atoms with Gasteiger partial charge in [-0.15, -0.1) is 0 Å². The van der Waals surface area contributed by atoms with Crippen molar-refractivity contribution in [3.05, 3.63) is 58.5 Å². The number of furan rings is 1. The molecule has 0 spiro atoms. The van der Waals surface area contributed by atoms with E-state index >= 15 is 0 Å². The molecule has 7 nitrogen and oxygen atoms in total. The largest absolute Gasteiger partial charge is 0.466 e. The number of aryl methyl sites for hydroxylation is 2. The molecule has 4 amide bonds. The first-order valence-corrected chi connectivity index (χ1v) is 7.83. The van der Waals surface area contributed by atoms with Crippen molar-refractivity contribution in [1.29, 1.82) is 0 Å². The van der Waals surface area contributed by atoms with Crippen LogP contribution < -0.4 is 11.1 Å². The van der Waals surface area contributed by atoms with E-state index < -0.39 is 17.5 Å². The number of carbonyl (C=O) groups excluding carboxylic acids is 3. The van der Waals surface area contributed by atoms with Crippen LogP contribution in [-0.2, 0) is 16.9 Å². The monoisotopic (exact) mass is 341 g/mol. The third-order valence-corrected chi connectivity index (χ3v) is 4.41. The summed E-state index contributed by atoms with van der Waals surface area (Å²) in [5.74, 6) is 0.328. The number of rotatable bonds is 4. The summed E-state index contributed by atoms with van der Waals surface area (Å²) < 4.78 is 5.50. The first-order chi connectivity index (χ1) is 11.7. The minimum Gasteiger partial charge on any atom is -0.466 e. The highest BCUT2D eigenvalue weighted by Gasteiger charge is 2.50. The zero-order valence-corrected chi connectivity index (χ0v) is 14.3. The fourth-order valence-corrected chi connectivity index (χ4v) is 3.16. The van der Waals surface area contributed by atoms with Crippen LogP contribution in [0.1, 0.15) is 39.9 Å². The third-order valence-electron chi connectivity index (χ3n) is 4.41. The van der Waals surface area contributed by atoms with E-state index in [-0.39, 0.29) is 12.5 Å². The van der Waals surface area contributed by atoms with E-state index in [1.54, 1.807) is 51.1 Å². The number of primary amides is 1. The van der Waals surface area contributed by atoms with Gasteiger partial charge in [0.05, 0.1) is 6.54 Å². The van der Waals surface area contributed by atoms with Gasteiger partial charge in [0.15, 0.2) is 0 Å². The maximum absolute atomic E-state index is 12.9. The molecular formula is C18H19N3O4. The Bertz CT molecular complexity index is 886. The Hall–Kier alpha value is -3.09. The Morgan fingerprint density at radius 3 is 2.60 bits per heavy atom. The second-order valence-electron chi connectivity index (χ2n) is 6.34. The highest BCUT2D eigenvalue weighted by molar-refractivity contribution is 6.07. The van der Waals surface area contributed by atoms with Gasteiger partial charge < -0.3 is 15.5 Å². The van der Waals surface area contributed by atoms with Crippen molar-refractivity contribution in [2.24, 2.45) is 5.73 Å². The van der Waals surface area contributed by atoms with E-state index in [0.717, 1.165) is 4.90 Å². The van der Waals surface area contributed by atoms with Crippen molar-refractivity contribution in [2.45, 2.75) is 32.9 Å². The molecular weight excluding hydrogens is 322 g/mol. The van der Waals surface area contributed by atoms with E-state index in [0.29, 0.717) is 28.2 Å². The average Bonchev–Trinajstić information content (AvgIpc) is 3.00. The smallest absolute Gasteiger partial charge is 0.325 e. The molecule has 7 heteroatoms. The van der Waals surface area contributed by atoms with Crippen LogP contribution in [0.25, 0.3) is 0 Å². The Labute approximate surface area is 144 Å². The molecule has 1 aromatic carbocycles. The van der Waals surface area contributed by atoms with E-state index in [9.17, 15) is 14.4 Å². The molecule has 0 saturated carbocycles. The van der Waals surface area contributed by atoms with Crippen LogP contribution in [0.15, 0.2) is 34.7 Å². The number of hydrogen-bond donors (Lipinski definition) is 2. The molecule has 130 valence electrons. The Balaban J connectivity index is 1.90. The standard InChI is InChI=1S/C18H19N3O4/c1-10-7-14(11(2)25-10)18(3)16(23)21(17(24)20-18)9-12-5-4-6-13(8-12)15(19)22/h4-8H,9H2,1-3H3,(H2,19,22)(H,20,24)/t18-/m1/s1. The van der Waals surface area contributed by atoms with Crippen molar-refractivity contribution in [3.8, 4) is 0 Å². The number of carbonyl (C=O) groups is 3. The first-order valence-electron chi connectivity index (χ1n) is 7.83. The summed E-state index contributed by atoms with van der Waals surface area (Å²) in [6.07, 6.45) is 0. The lowest BCUT2D eigenvalue weighted by molar-refractivity contribution is -0.131. The maximum atomic E-state index is 12.9. The van der Waals surface area contributed by atoms with Crippen LogP contribution >= 0.6 is 0 Å². The molecule has 1 aliphatic rings. The molecule has 0 aliphatic carbocycles. The van der Waals surface area contributed by atoms with E-state index in [4.69, 9.17) is 10.2 Å². The number of nitrogens with one attached hydrogen (secondary N) is 1. The summed E-state index contributed by atoms with van der Waals surface area (Å²) in [5, 5.41) is 2.74. The van der Waals surface area contributed by atoms with Crippen LogP contribution in [-0.4, -0.2) is 22.7 Å². The van der Waals surface area contributed by atoms with Gasteiger partial charge in [-0.25, -0.2) is 4.79 Å². The molecule has 1 aromatic heterocycles. The minimum atomic E-state index is -1.18. The second-order valence-corrected chi connectivity index (χ2v) is 6.34. The predicted octanol–water partition coefficient (Wildman–Crippen LogP) is 1.96. The van der Waals surface area contributed by atoms with E-state index in [1.165, 1.54) is 0 Å². The zero-order valence-electron chi connectivity index (χ0n) is 14.3. The van der Waals surface area contributed by atoms with Gasteiger partial charge in [-0.1, -0.05) is 12.1 Å². The van der Waals surface area contributed by atoms with E-state index in [1.807, 2.05) is 0 Å². The second kappa shape index (κ2) is 5.77. The van der Waals surface area contributed by atoms with Crippen molar-refractivity contribution in [2.75, 3.05) is 0 Å². The fourth-order valence-electron chi connectivity index (χ4n) is 3.16. The fraction of sp³-hybridized carbons (Fsp3) is 0.278. The summed E-state index contributed by atoms with van der Waals surface area (Å²) in [6.45, 7) is 5.25. The van der Waals surface area contributed by atoms with Gasteiger partial charge in [0.25, 0.3) is 5.91 Å². The summed E-state index contributed by atoms with van der Waals surface area (Å²) in [6, 6.07) is 7.82. The van der Waals surface area contributed by atoms with Gasteiger partial charge in [0.2, 0.25) is 5.91 Å². The molecule has 1 fully saturated rings. The number of imide groups is 1. The van der Waals surface area contributed by atoms with Crippen LogP contribution in [0, 0.1) is 13.8 Å². The zero-order chi connectivity index (χ0) is 18.4. The number of urea groups is 1. The molecule has 1 atom stereocenters. The topological polar surface area (TPSA) is 106 Å². The highest BCUT2D eigenvalue weighted by Crippen LogP contribution is 2.33. The lowest BCUT2D eigenvalue weighted by Crippen LogP contribution is -2.41. The number of nitrogens with zero attached hydrogens (tertiary/aromatic N) is 1. The van der Waals surface area contributed by atoms with E-state index in [2.05, 4.69) is 5.32 Å². The average molecular weight is 341 g/mol. The molecule has 3 N–H and O–H groups in total. The maximum Gasteiger partial charge on any atom is 0.325 e. The van der Waals surface area contributed by atoms with Gasteiger partial charge in [0.1, 0.15) is 17.1 Å². The first kappa shape index (κ1) is 16.8. The number of amides is 4. The molecule has 1 aliphatic heterocycles. The lowest BCUT2D eigenvalue weighted by atomic mass is 9.92. The highest BCUT2D eigenvalue weighted by atomic mass is 16.3. The van der Waals surface area contributed by atoms with Crippen LogP contribution in [0.3, 0.4) is 0 Å². The Kier molecular flexibility index (Phi) is 3.87. The number of nitrogens with two attached hydrogens (primary N) is 1. The van der Waals surface area contributed by atoms with Gasteiger partial charge in [0, 0.05) is 11.1 Å². The quantitative estimate of drug-likeness (QED) is 0.829. The van der Waals surface area contributed by atoms with Gasteiger partial charge in [-0.05, 0) is 44.5 Å². The molecule has 25 heavy (non-hydrogen) atoms. The number of hydrogen-bond acceptors (Lipinski definition) is 4. The van der Waals surface area contributed by atoms with Crippen LogP contribution in [0.2, 0.25) is 0 Å². The van der Waals surface area contributed by atoms with Crippen molar-refractivity contribution in [1.82, 2.24) is 10.2 Å². The summed E-state index contributed by atoms with van der Waals surface area (Å²) in [4.78, 5) is 37.7. The molecule has 1 saturated heterocycles. The minimum absolute atomic E-state index is 0.0528. The summed E-state index contributed by atoms with van der Waals surface area (Å²) in [7, 11) is 0. The van der Waals surface area contributed by atoms with Crippen molar-refractivity contribution >= 4 is 17.8 Å². The number of benzene rings is 1. The normalized spacial score (nSPS) is 20.0. The van der Waals surface area contributed by atoms with Crippen molar-refractivity contribution < 1.29 is 18.8 Å². The third kappa shape index (κ3) is 2.77. The van der Waals surface area contributed by atoms with Gasteiger partial charge >= 0.3 is 6.03 Å². The molecule has 0 unspecified atom stereocenters. The summed E-state index contributed by atoms with van der Waals surface area (Å²) in [5.41, 5.74) is 5.70. The Morgan fingerprint density at radius 1 is 1.28 bits per heavy atom. The van der Waals surface area contributed by atoms with Gasteiger partial charge in [-0.2, -0.15) is 0 Å².